The molecule has 1 aliphatic heterocycles. The van der Waals surface area contributed by atoms with Crippen LogP contribution >= 0.6 is 11.6 Å². The van der Waals surface area contributed by atoms with E-state index in [4.69, 9.17) is 16.3 Å². The van der Waals surface area contributed by atoms with Crippen molar-refractivity contribution in [3.05, 3.63) is 23.8 Å². The van der Waals surface area contributed by atoms with Crippen LogP contribution in [0.15, 0.2) is 23.8 Å². The minimum absolute atomic E-state index is 0.0312. The van der Waals surface area contributed by atoms with Crippen molar-refractivity contribution >= 4 is 23.5 Å². The van der Waals surface area contributed by atoms with Crippen LogP contribution in [0, 0.1) is 11.8 Å². The fraction of sp³-hybridized carbons (Fsp3) is 0.625. The third-order valence-electron chi connectivity index (χ3n) is 4.88. The van der Waals surface area contributed by atoms with Crippen LogP contribution in [0.4, 0.5) is 4.79 Å². The van der Waals surface area contributed by atoms with Crippen molar-refractivity contribution < 1.29 is 14.3 Å². The van der Waals surface area contributed by atoms with Crippen molar-refractivity contribution in [1.82, 2.24) is 4.90 Å². The van der Waals surface area contributed by atoms with Gasteiger partial charge in [-0.3, -0.25) is 4.79 Å². The number of alkyl halides is 1. The molecule has 1 saturated carbocycles. The Morgan fingerprint density at radius 2 is 2.33 bits per heavy atom. The number of carbonyl (C=O) groups excluding carboxylic acids is 2. The number of hydrogen-bond donors (Lipinski definition) is 0. The Labute approximate surface area is 129 Å². The summed E-state index contributed by atoms with van der Waals surface area (Å²) in [5, 5.41) is 0. The average Bonchev–Trinajstić information content (AvgIpc) is 2.48. The van der Waals surface area contributed by atoms with Gasteiger partial charge in [-0.15, -0.1) is 11.6 Å². The first-order chi connectivity index (χ1) is 10.0. The second kappa shape index (κ2) is 5.48. The minimum atomic E-state index is -0.530. The number of amides is 1. The molecular formula is C16H20ClNO3. The van der Waals surface area contributed by atoms with Crippen molar-refractivity contribution in [3.8, 4) is 0 Å². The molecular weight excluding hydrogens is 290 g/mol. The number of fused-ring (bicyclic) bond motifs is 3. The monoisotopic (exact) mass is 309 g/mol. The van der Waals surface area contributed by atoms with Crippen LogP contribution in [-0.2, 0) is 9.53 Å². The maximum Gasteiger partial charge on any atom is 0.409 e. The molecule has 0 N–H and O–H groups in total. The largest absolute Gasteiger partial charge is 0.450 e. The first-order valence-electron chi connectivity index (χ1n) is 7.59. The average molecular weight is 310 g/mol. The van der Waals surface area contributed by atoms with Crippen LogP contribution in [0.25, 0.3) is 0 Å². The molecule has 3 atom stereocenters. The predicted molar refractivity (Wildman–Crippen MR) is 80.2 cm³/mol. The molecule has 1 saturated heterocycles. The molecule has 0 unspecified atom stereocenters. The number of hydrogen-bond acceptors (Lipinski definition) is 3. The van der Waals surface area contributed by atoms with E-state index in [1.54, 1.807) is 17.1 Å². The van der Waals surface area contributed by atoms with Crippen LogP contribution in [0.1, 0.15) is 26.2 Å². The molecule has 114 valence electrons. The van der Waals surface area contributed by atoms with Crippen molar-refractivity contribution in [2.45, 2.75) is 31.1 Å². The van der Waals surface area contributed by atoms with Gasteiger partial charge in [-0.2, -0.15) is 0 Å². The Bertz CT molecular complexity index is 528. The molecule has 0 radical (unpaired) electrons. The number of likely N-dealkylation sites (tertiary alicyclic amines) is 1. The maximum absolute atomic E-state index is 11.9. The van der Waals surface area contributed by atoms with Gasteiger partial charge in [0.25, 0.3) is 0 Å². The summed E-state index contributed by atoms with van der Waals surface area (Å²) in [7, 11) is 0. The zero-order valence-corrected chi connectivity index (χ0v) is 12.9. The van der Waals surface area contributed by atoms with E-state index in [2.05, 4.69) is 0 Å². The highest BCUT2D eigenvalue weighted by Gasteiger charge is 2.49. The second-order valence-electron chi connectivity index (χ2n) is 6.01. The second-order valence-corrected chi connectivity index (χ2v) is 6.64. The van der Waals surface area contributed by atoms with Gasteiger partial charge >= 0.3 is 6.09 Å². The van der Waals surface area contributed by atoms with Crippen molar-refractivity contribution in [2.75, 3.05) is 19.7 Å². The Morgan fingerprint density at radius 3 is 3.10 bits per heavy atom. The number of ether oxygens (including phenoxy) is 1. The van der Waals surface area contributed by atoms with E-state index in [0.29, 0.717) is 25.6 Å². The SMILES string of the molecule is CCOC(=O)N1CC[C@H]2[C@@H](CCC3=CC(=O)C=C[C@@]32Cl)C1. The van der Waals surface area contributed by atoms with Crippen LogP contribution in [0.5, 0.6) is 0 Å². The number of piperidine rings is 1. The molecule has 0 bridgehead atoms. The van der Waals surface area contributed by atoms with Gasteiger partial charge in [0.15, 0.2) is 5.78 Å². The van der Waals surface area contributed by atoms with Crippen molar-refractivity contribution in [1.29, 1.82) is 0 Å². The molecule has 0 spiro atoms. The smallest absolute Gasteiger partial charge is 0.409 e. The highest BCUT2D eigenvalue weighted by molar-refractivity contribution is 6.29. The standard InChI is InChI=1S/C16H20ClNO3/c1-2-21-15(20)18-8-6-14-11(10-18)3-4-12-9-13(19)5-7-16(12,14)17/h5,7,9,11,14H,2-4,6,8,10H2,1H3/t11-,14-,16+/m0/s1. The number of halogens is 1. The highest BCUT2D eigenvalue weighted by Crippen LogP contribution is 2.51. The third-order valence-corrected chi connectivity index (χ3v) is 5.53. The Hall–Kier alpha value is -1.29. The van der Waals surface area contributed by atoms with E-state index < -0.39 is 4.87 Å². The Balaban J connectivity index is 1.77. The van der Waals surface area contributed by atoms with Gasteiger partial charge in [0.2, 0.25) is 0 Å². The van der Waals surface area contributed by atoms with E-state index in [1.165, 1.54) is 0 Å². The molecule has 3 rings (SSSR count). The van der Waals surface area contributed by atoms with Gasteiger partial charge in [-0.1, -0.05) is 6.08 Å². The third kappa shape index (κ3) is 2.50. The summed E-state index contributed by atoms with van der Waals surface area (Å²) in [5.74, 6) is 0.688. The quantitative estimate of drug-likeness (QED) is 0.700. The van der Waals surface area contributed by atoms with Crippen LogP contribution < -0.4 is 0 Å². The van der Waals surface area contributed by atoms with Crippen molar-refractivity contribution in [2.24, 2.45) is 11.8 Å². The Morgan fingerprint density at radius 1 is 1.52 bits per heavy atom. The maximum atomic E-state index is 11.9. The zero-order chi connectivity index (χ0) is 15.0. The summed E-state index contributed by atoms with van der Waals surface area (Å²) >= 11 is 6.86. The molecule has 3 aliphatic rings. The number of carbonyl (C=O) groups is 2. The van der Waals surface area contributed by atoms with Gasteiger partial charge in [0.05, 0.1) is 11.5 Å². The molecule has 5 heteroatoms. The molecule has 0 aromatic carbocycles. The highest BCUT2D eigenvalue weighted by atomic mass is 35.5. The number of ketones is 1. The van der Waals surface area contributed by atoms with Gasteiger partial charge in [0, 0.05) is 13.1 Å². The van der Waals surface area contributed by atoms with E-state index in [-0.39, 0.29) is 17.8 Å². The lowest BCUT2D eigenvalue weighted by Crippen LogP contribution is -2.52. The summed E-state index contributed by atoms with van der Waals surface area (Å²) in [6, 6.07) is 0. The summed E-state index contributed by atoms with van der Waals surface area (Å²) in [4.78, 5) is 24.7. The van der Waals surface area contributed by atoms with Crippen LogP contribution in [-0.4, -0.2) is 41.3 Å². The molecule has 1 amide bonds. The summed E-state index contributed by atoms with van der Waals surface area (Å²) in [6.07, 6.45) is 7.57. The minimum Gasteiger partial charge on any atom is -0.450 e. The van der Waals surface area contributed by atoms with E-state index >= 15 is 0 Å². The number of nitrogens with zero attached hydrogens (tertiary/aromatic N) is 1. The molecule has 0 aromatic heterocycles. The molecule has 2 fully saturated rings. The zero-order valence-electron chi connectivity index (χ0n) is 12.2. The number of rotatable bonds is 1. The first kappa shape index (κ1) is 14.6. The molecule has 2 aliphatic carbocycles. The normalized spacial score (nSPS) is 34.9. The molecule has 21 heavy (non-hydrogen) atoms. The van der Waals surface area contributed by atoms with Crippen LogP contribution in [0.3, 0.4) is 0 Å². The van der Waals surface area contributed by atoms with E-state index in [0.717, 1.165) is 24.8 Å². The fourth-order valence-electron chi connectivity index (χ4n) is 3.87. The lowest BCUT2D eigenvalue weighted by molar-refractivity contribution is -0.110. The fourth-order valence-corrected chi connectivity index (χ4v) is 4.36. The van der Waals surface area contributed by atoms with Crippen LogP contribution in [0.2, 0.25) is 0 Å². The first-order valence-corrected chi connectivity index (χ1v) is 7.97. The van der Waals surface area contributed by atoms with E-state index in [1.807, 2.05) is 13.0 Å². The molecule has 1 heterocycles. The summed E-state index contributed by atoms with van der Waals surface area (Å²) < 4.78 is 5.09. The topological polar surface area (TPSA) is 46.6 Å². The van der Waals surface area contributed by atoms with Gasteiger partial charge in [-0.05, 0) is 55.7 Å². The molecule has 0 aromatic rings. The number of allylic oxidation sites excluding steroid dienone is 4. The summed E-state index contributed by atoms with van der Waals surface area (Å²) in [6.45, 7) is 3.59. The molecule has 4 nitrogen and oxygen atoms in total. The van der Waals surface area contributed by atoms with Gasteiger partial charge in [-0.25, -0.2) is 4.79 Å². The van der Waals surface area contributed by atoms with Gasteiger partial charge < -0.3 is 9.64 Å². The van der Waals surface area contributed by atoms with Crippen molar-refractivity contribution in [3.63, 3.8) is 0 Å². The van der Waals surface area contributed by atoms with Gasteiger partial charge in [0.1, 0.15) is 0 Å². The lowest BCUT2D eigenvalue weighted by Gasteiger charge is -2.49. The lowest BCUT2D eigenvalue weighted by atomic mass is 9.64. The summed E-state index contributed by atoms with van der Waals surface area (Å²) in [5.41, 5.74) is 1.04. The van der Waals surface area contributed by atoms with E-state index in [9.17, 15) is 9.59 Å². The predicted octanol–water partition coefficient (Wildman–Crippen LogP) is 2.92. The Kier molecular flexibility index (Phi) is 3.82.